The Balaban J connectivity index is 1.47. The highest BCUT2D eigenvalue weighted by Crippen LogP contribution is 2.26. The van der Waals surface area contributed by atoms with Crippen molar-refractivity contribution in [2.45, 2.75) is 13.1 Å². The van der Waals surface area contributed by atoms with E-state index < -0.39 is 5.97 Å². The molecule has 0 unspecified atom stereocenters. The van der Waals surface area contributed by atoms with Crippen molar-refractivity contribution in [3.63, 3.8) is 0 Å². The molecule has 1 heterocycles. The fourth-order valence-electron chi connectivity index (χ4n) is 3.62. The van der Waals surface area contributed by atoms with Gasteiger partial charge < -0.3 is 19.4 Å². The number of hydrogen-bond acceptors (Lipinski definition) is 4. The highest BCUT2D eigenvalue weighted by Gasteiger charge is 2.15. The second-order valence-corrected chi connectivity index (χ2v) is 8.45. The van der Waals surface area contributed by atoms with Crippen LogP contribution in [0.15, 0.2) is 72.9 Å². The third kappa shape index (κ3) is 5.53. The van der Waals surface area contributed by atoms with Crippen molar-refractivity contribution in [2.75, 3.05) is 13.7 Å². The van der Waals surface area contributed by atoms with Crippen molar-refractivity contribution >= 4 is 46.0 Å². The number of halogens is 2. The second-order valence-electron chi connectivity index (χ2n) is 7.57. The molecule has 4 aromatic rings. The molecule has 0 aliphatic rings. The SMILES string of the molecule is COC(=O)c1ccc(CNC(=O)c2cc(Cl)cc3ccn(CCOc4ccc(Cl)cc4)c23)cc1. The number of carbonyl (C=O) groups excluding carboxylic acids is 2. The van der Waals surface area contributed by atoms with E-state index in [4.69, 9.17) is 32.7 Å². The van der Waals surface area contributed by atoms with Gasteiger partial charge in [-0.2, -0.15) is 0 Å². The molecule has 0 atom stereocenters. The lowest BCUT2D eigenvalue weighted by Crippen LogP contribution is -2.24. The molecule has 0 saturated carbocycles. The number of carbonyl (C=O) groups is 2. The second kappa shape index (κ2) is 10.6. The summed E-state index contributed by atoms with van der Waals surface area (Å²) >= 11 is 12.2. The Morgan fingerprint density at radius 2 is 1.68 bits per heavy atom. The first-order valence-electron chi connectivity index (χ1n) is 10.6. The molecule has 6 nitrogen and oxygen atoms in total. The van der Waals surface area contributed by atoms with Gasteiger partial charge in [-0.05, 0) is 60.2 Å². The number of ether oxygens (including phenoxy) is 2. The molecular formula is C26H22Cl2N2O4. The number of fused-ring (bicyclic) bond motifs is 1. The van der Waals surface area contributed by atoms with E-state index in [1.165, 1.54) is 7.11 Å². The molecule has 0 bridgehead atoms. The summed E-state index contributed by atoms with van der Waals surface area (Å²) in [6, 6.07) is 19.5. The maximum Gasteiger partial charge on any atom is 0.337 e. The molecule has 0 saturated heterocycles. The van der Waals surface area contributed by atoms with E-state index in [2.05, 4.69) is 5.32 Å². The summed E-state index contributed by atoms with van der Waals surface area (Å²) in [5, 5.41) is 4.93. The highest BCUT2D eigenvalue weighted by atomic mass is 35.5. The number of hydrogen-bond donors (Lipinski definition) is 1. The number of aromatic nitrogens is 1. The van der Waals surface area contributed by atoms with Crippen LogP contribution in [0.4, 0.5) is 0 Å². The Morgan fingerprint density at radius 3 is 2.38 bits per heavy atom. The molecule has 1 aromatic heterocycles. The first-order valence-corrected chi connectivity index (χ1v) is 11.3. The number of amides is 1. The van der Waals surface area contributed by atoms with Crippen LogP contribution in [-0.4, -0.2) is 30.2 Å². The zero-order valence-electron chi connectivity index (χ0n) is 18.4. The van der Waals surface area contributed by atoms with Gasteiger partial charge in [0.25, 0.3) is 5.91 Å². The fourth-order valence-corrected chi connectivity index (χ4v) is 3.97. The van der Waals surface area contributed by atoms with Gasteiger partial charge in [0.2, 0.25) is 0 Å². The van der Waals surface area contributed by atoms with E-state index in [1.54, 1.807) is 42.5 Å². The molecule has 0 fully saturated rings. The Hall–Kier alpha value is -3.48. The smallest absolute Gasteiger partial charge is 0.337 e. The zero-order chi connectivity index (χ0) is 24.1. The van der Waals surface area contributed by atoms with Crippen molar-refractivity contribution in [1.82, 2.24) is 9.88 Å². The normalized spacial score (nSPS) is 10.8. The van der Waals surface area contributed by atoms with Gasteiger partial charge in [-0.15, -0.1) is 0 Å². The van der Waals surface area contributed by atoms with Gasteiger partial charge in [-0.3, -0.25) is 4.79 Å². The molecule has 1 amide bonds. The van der Waals surface area contributed by atoms with Crippen LogP contribution in [0.2, 0.25) is 10.0 Å². The third-order valence-corrected chi connectivity index (χ3v) is 5.78. The molecule has 0 aliphatic carbocycles. The van der Waals surface area contributed by atoms with Crippen LogP contribution in [0.3, 0.4) is 0 Å². The van der Waals surface area contributed by atoms with Crippen molar-refractivity contribution in [2.24, 2.45) is 0 Å². The van der Waals surface area contributed by atoms with Crippen molar-refractivity contribution in [3.8, 4) is 5.75 Å². The summed E-state index contributed by atoms with van der Waals surface area (Å²) in [6.45, 7) is 1.26. The number of rotatable bonds is 8. The summed E-state index contributed by atoms with van der Waals surface area (Å²) < 4.78 is 12.5. The summed E-state index contributed by atoms with van der Waals surface area (Å²) in [4.78, 5) is 24.7. The summed E-state index contributed by atoms with van der Waals surface area (Å²) in [5.74, 6) is 0.0703. The van der Waals surface area contributed by atoms with E-state index in [0.29, 0.717) is 40.9 Å². The summed E-state index contributed by atoms with van der Waals surface area (Å²) in [6.07, 6.45) is 1.91. The van der Waals surface area contributed by atoms with E-state index >= 15 is 0 Å². The van der Waals surface area contributed by atoms with Gasteiger partial charge >= 0.3 is 5.97 Å². The van der Waals surface area contributed by atoms with Crippen LogP contribution >= 0.6 is 23.2 Å². The monoisotopic (exact) mass is 496 g/mol. The molecule has 0 spiro atoms. The van der Waals surface area contributed by atoms with E-state index in [-0.39, 0.29) is 5.91 Å². The average molecular weight is 497 g/mol. The number of nitrogens with zero attached hydrogens (tertiary/aromatic N) is 1. The molecule has 4 rings (SSSR count). The number of nitrogens with one attached hydrogen (secondary N) is 1. The van der Waals surface area contributed by atoms with Gasteiger partial charge in [0.05, 0.1) is 30.3 Å². The standard InChI is InChI=1S/C26H22Cl2N2O4/c1-33-26(32)18-4-2-17(3-5-18)16-29-25(31)23-15-21(28)14-19-10-11-30(24(19)23)12-13-34-22-8-6-20(27)7-9-22/h2-11,14-15H,12-13,16H2,1H3,(H,29,31). The van der Waals surface area contributed by atoms with E-state index in [9.17, 15) is 9.59 Å². The predicted octanol–water partition coefficient (Wildman–Crippen LogP) is 5.74. The molecule has 3 aromatic carbocycles. The summed E-state index contributed by atoms with van der Waals surface area (Å²) in [7, 11) is 1.34. The van der Waals surface area contributed by atoms with Crippen molar-refractivity contribution in [1.29, 1.82) is 0 Å². The van der Waals surface area contributed by atoms with Crippen molar-refractivity contribution < 1.29 is 19.1 Å². The average Bonchev–Trinajstić information content (AvgIpc) is 3.25. The molecule has 34 heavy (non-hydrogen) atoms. The first kappa shape index (κ1) is 23.7. The van der Waals surface area contributed by atoms with Crippen LogP contribution in [0.25, 0.3) is 10.9 Å². The minimum Gasteiger partial charge on any atom is -0.492 e. The molecule has 0 radical (unpaired) electrons. The number of esters is 1. The lowest BCUT2D eigenvalue weighted by Gasteiger charge is -2.12. The van der Waals surface area contributed by atoms with Crippen LogP contribution in [0.1, 0.15) is 26.3 Å². The largest absolute Gasteiger partial charge is 0.492 e. The third-order valence-electron chi connectivity index (χ3n) is 5.31. The van der Waals surface area contributed by atoms with Crippen LogP contribution in [-0.2, 0) is 17.8 Å². The predicted molar refractivity (Wildman–Crippen MR) is 133 cm³/mol. The Labute approximate surface area is 207 Å². The van der Waals surface area contributed by atoms with Gasteiger partial charge in [-0.1, -0.05) is 35.3 Å². The quantitative estimate of drug-likeness (QED) is 0.315. The fraction of sp³-hybridized carbons (Fsp3) is 0.154. The lowest BCUT2D eigenvalue weighted by atomic mass is 10.1. The van der Waals surface area contributed by atoms with Gasteiger partial charge in [-0.25, -0.2) is 4.79 Å². The molecule has 8 heteroatoms. The molecule has 1 N–H and O–H groups in total. The van der Waals surface area contributed by atoms with Crippen molar-refractivity contribution in [3.05, 3.63) is 99.7 Å². The minimum atomic E-state index is -0.405. The first-order chi connectivity index (χ1) is 16.4. The minimum absolute atomic E-state index is 0.247. The van der Waals surface area contributed by atoms with Crippen LogP contribution in [0.5, 0.6) is 5.75 Å². The van der Waals surface area contributed by atoms with Gasteiger partial charge in [0.15, 0.2) is 0 Å². The molecule has 0 aliphatic heterocycles. The Bertz CT molecular complexity index is 1320. The topological polar surface area (TPSA) is 69.6 Å². The molecular weight excluding hydrogens is 475 g/mol. The maximum atomic E-state index is 13.1. The lowest BCUT2D eigenvalue weighted by molar-refractivity contribution is 0.0600. The Kier molecular flexibility index (Phi) is 7.40. The molecule has 174 valence electrons. The number of methoxy groups -OCH3 is 1. The maximum absolute atomic E-state index is 13.1. The Morgan fingerprint density at radius 1 is 0.941 bits per heavy atom. The van der Waals surface area contributed by atoms with E-state index in [1.807, 2.05) is 35.0 Å². The van der Waals surface area contributed by atoms with Gasteiger partial charge in [0.1, 0.15) is 12.4 Å². The van der Waals surface area contributed by atoms with Gasteiger partial charge in [0, 0.05) is 28.2 Å². The zero-order valence-corrected chi connectivity index (χ0v) is 19.9. The van der Waals surface area contributed by atoms with Crippen LogP contribution < -0.4 is 10.1 Å². The van der Waals surface area contributed by atoms with Crippen LogP contribution in [0, 0.1) is 0 Å². The number of benzene rings is 3. The summed E-state index contributed by atoms with van der Waals surface area (Å²) in [5.41, 5.74) is 2.56. The van der Waals surface area contributed by atoms with E-state index in [0.717, 1.165) is 22.2 Å². The highest BCUT2D eigenvalue weighted by molar-refractivity contribution is 6.32.